The summed E-state index contributed by atoms with van der Waals surface area (Å²) in [4.78, 5) is 0. The number of hydrogen-bond acceptors (Lipinski definition) is 0. The standard InChI is InChI=1S/C8H8Cl2.2ClH/c9-5-7-3-1-2-4-8(7)6-10;;/h1-4H,5-6H2;2*1H/p-2. The van der Waals surface area contributed by atoms with Crippen molar-refractivity contribution in [1.29, 1.82) is 0 Å². The van der Waals surface area contributed by atoms with Crippen molar-refractivity contribution in [3.63, 3.8) is 0 Å². The third-order valence-electron chi connectivity index (χ3n) is 1.41. The number of rotatable bonds is 2. The van der Waals surface area contributed by atoms with Crippen molar-refractivity contribution in [2.24, 2.45) is 0 Å². The number of hydrogen-bond donors (Lipinski definition) is 0. The molecule has 1 aromatic rings. The predicted molar refractivity (Wildman–Crippen MR) is 45.6 cm³/mol. The lowest BCUT2D eigenvalue weighted by atomic mass is 10.1. The van der Waals surface area contributed by atoms with E-state index in [9.17, 15) is 0 Å². The van der Waals surface area contributed by atoms with Gasteiger partial charge in [-0.25, -0.2) is 0 Å². The fraction of sp³-hybridized carbons (Fsp3) is 0.250. The number of benzene rings is 1. The predicted octanol–water partition coefficient (Wildman–Crippen LogP) is -2.83. The molecule has 1 aromatic carbocycles. The van der Waals surface area contributed by atoms with Gasteiger partial charge in [0.15, 0.2) is 0 Å². The van der Waals surface area contributed by atoms with Gasteiger partial charge >= 0.3 is 0 Å². The third kappa shape index (κ3) is 3.86. The zero-order valence-corrected chi connectivity index (χ0v) is 9.26. The number of halogens is 4. The third-order valence-corrected chi connectivity index (χ3v) is 1.98. The fourth-order valence-corrected chi connectivity index (χ4v) is 1.34. The van der Waals surface area contributed by atoms with Crippen molar-refractivity contribution < 1.29 is 24.8 Å². The first-order valence-electron chi connectivity index (χ1n) is 3.07. The van der Waals surface area contributed by atoms with Gasteiger partial charge < -0.3 is 24.8 Å². The molecule has 0 radical (unpaired) electrons. The van der Waals surface area contributed by atoms with Crippen molar-refractivity contribution >= 4 is 23.2 Å². The van der Waals surface area contributed by atoms with Gasteiger partial charge in [0.1, 0.15) is 0 Å². The minimum atomic E-state index is 0. The maximum Gasteiger partial charge on any atom is 0.0477 e. The van der Waals surface area contributed by atoms with Gasteiger partial charge in [-0.05, 0) is 11.1 Å². The Balaban J connectivity index is 0. The van der Waals surface area contributed by atoms with Gasteiger partial charge in [-0.1, -0.05) is 24.3 Å². The van der Waals surface area contributed by atoms with Crippen molar-refractivity contribution in [2.75, 3.05) is 0 Å². The highest BCUT2D eigenvalue weighted by molar-refractivity contribution is 6.18. The maximum absolute atomic E-state index is 5.65. The van der Waals surface area contributed by atoms with E-state index in [0.717, 1.165) is 11.1 Å². The Kier molecular flexibility index (Phi) is 9.92. The Morgan fingerprint density at radius 2 is 1.17 bits per heavy atom. The van der Waals surface area contributed by atoms with E-state index >= 15 is 0 Å². The van der Waals surface area contributed by atoms with Crippen LogP contribution in [0.15, 0.2) is 24.3 Å². The van der Waals surface area contributed by atoms with Gasteiger partial charge in [0.2, 0.25) is 0 Å². The molecule has 0 unspecified atom stereocenters. The molecule has 0 aliphatic rings. The van der Waals surface area contributed by atoms with Crippen molar-refractivity contribution in [2.45, 2.75) is 11.8 Å². The van der Waals surface area contributed by atoms with Gasteiger partial charge in [0, 0.05) is 11.8 Å². The van der Waals surface area contributed by atoms with E-state index in [-0.39, 0.29) is 24.8 Å². The van der Waals surface area contributed by atoms with Crippen LogP contribution in [0.5, 0.6) is 0 Å². The lowest BCUT2D eigenvalue weighted by Crippen LogP contribution is -3.00. The molecule has 0 aromatic heterocycles. The fourth-order valence-electron chi connectivity index (χ4n) is 0.818. The molecule has 12 heavy (non-hydrogen) atoms. The quantitative estimate of drug-likeness (QED) is 0.493. The van der Waals surface area contributed by atoms with Crippen molar-refractivity contribution in [3.8, 4) is 0 Å². The van der Waals surface area contributed by atoms with Crippen LogP contribution < -0.4 is 24.8 Å². The Morgan fingerprint density at radius 1 is 0.833 bits per heavy atom. The molecule has 0 fully saturated rings. The smallest absolute Gasteiger partial charge is 0.0477 e. The van der Waals surface area contributed by atoms with Gasteiger partial charge in [-0.2, -0.15) is 0 Å². The zero-order valence-electron chi connectivity index (χ0n) is 6.24. The van der Waals surface area contributed by atoms with Crippen molar-refractivity contribution in [3.05, 3.63) is 35.4 Å². The van der Waals surface area contributed by atoms with Crippen LogP contribution in [0.2, 0.25) is 0 Å². The highest BCUT2D eigenvalue weighted by atomic mass is 35.5. The van der Waals surface area contributed by atoms with Crippen LogP contribution in [0.3, 0.4) is 0 Å². The molecule has 1 rings (SSSR count). The molecule has 0 nitrogen and oxygen atoms in total. The van der Waals surface area contributed by atoms with E-state index in [4.69, 9.17) is 23.2 Å². The molecule has 4 heteroatoms. The monoisotopic (exact) mass is 244 g/mol. The first-order valence-corrected chi connectivity index (χ1v) is 4.14. The normalized spacial score (nSPS) is 8.17. The molecule has 0 heterocycles. The van der Waals surface area contributed by atoms with E-state index < -0.39 is 0 Å². The highest BCUT2D eigenvalue weighted by Gasteiger charge is 1.96. The van der Waals surface area contributed by atoms with E-state index in [0.29, 0.717) is 11.8 Å². The first kappa shape index (κ1) is 14.9. The molecule has 0 atom stereocenters. The highest BCUT2D eigenvalue weighted by Crippen LogP contribution is 2.12. The zero-order chi connectivity index (χ0) is 7.40. The first-order chi connectivity index (χ1) is 4.88. The van der Waals surface area contributed by atoms with E-state index in [2.05, 4.69) is 0 Å². The summed E-state index contributed by atoms with van der Waals surface area (Å²) in [6.07, 6.45) is 0. The summed E-state index contributed by atoms with van der Waals surface area (Å²) < 4.78 is 0. The maximum atomic E-state index is 5.65. The topological polar surface area (TPSA) is 0 Å². The Bertz CT molecular complexity index is 189. The van der Waals surface area contributed by atoms with Crippen LogP contribution >= 0.6 is 23.2 Å². The SMILES string of the molecule is ClCc1ccccc1CCl.[Cl-].[Cl-]. The summed E-state index contributed by atoms with van der Waals surface area (Å²) in [5.41, 5.74) is 2.25. The molecule has 0 bridgehead atoms. The molecule has 0 saturated heterocycles. The van der Waals surface area contributed by atoms with E-state index in [1.807, 2.05) is 24.3 Å². The summed E-state index contributed by atoms with van der Waals surface area (Å²) in [5.74, 6) is 1.09. The van der Waals surface area contributed by atoms with E-state index in [1.54, 1.807) is 0 Å². The minimum Gasteiger partial charge on any atom is -1.00 e. The molecule has 70 valence electrons. The second kappa shape index (κ2) is 8.00. The Labute approximate surface area is 95.1 Å². The number of alkyl halides is 2. The van der Waals surface area contributed by atoms with E-state index in [1.165, 1.54) is 0 Å². The average molecular weight is 246 g/mol. The van der Waals surface area contributed by atoms with Crippen LogP contribution in [0.1, 0.15) is 11.1 Å². The Morgan fingerprint density at radius 3 is 1.42 bits per heavy atom. The molecule has 0 amide bonds. The molecule has 0 aliphatic heterocycles. The van der Waals surface area contributed by atoms with Crippen LogP contribution in [-0.4, -0.2) is 0 Å². The molecular formula is C8H8Cl4-2. The van der Waals surface area contributed by atoms with Gasteiger partial charge in [0.05, 0.1) is 0 Å². The molecule has 0 N–H and O–H groups in total. The minimum absolute atomic E-state index is 0. The largest absolute Gasteiger partial charge is 1.00 e. The molecular weight excluding hydrogens is 238 g/mol. The van der Waals surface area contributed by atoms with Crippen LogP contribution in [-0.2, 0) is 11.8 Å². The summed E-state index contributed by atoms with van der Waals surface area (Å²) in [6, 6.07) is 7.91. The lowest BCUT2D eigenvalue weighted by molar-refractivity contribution is -0.001000. The second-order valence-electron chi connectivity index (χ2n) is 2.04. The van der Waals surface area contributed by atoms with Gasteiger partial charge in [0.25, 0.3) is 0 Å². The van der Waals surface area contributed by atoms with Gasteiger partial charge in [-0.15, -0.1) is 23.2 Å². The molecule has 0 spiro atoms. The Hall–Kier alpha value is 0.380. The van der Waals surface area contributed by atoms with Crippen LogP contribution in [0.4, 0.5) is 0 Å². The van der Waals surface area contributed by atoms with Crippen molar-refractivity contribution in [1.82, 2.24) is 0 Å². The summed E-state index contributed by atoms with van der Waals surface area (Å²) >= 11 is 11.3. The second-order valence-corrected chi connectivity index (χ2v) is 2.57. The summed E-state index contributed by atoms with van der Waals surface area (Å²) in [7, 11) is 0. The molecule has 0 saturated carbocycles. The molecule has 0 aliphatic carbocycles. The van der Waals surface area contributed by atoms with Crippen LogP contribution in [0.25, 0.3) is 0 Å². The summed E-state index contributed by atoms with van der Waals surface area (Å²) in [6.45, 7) is 0. The van der Waals surface area contributed by atoms with Crippen LogP contribution in [0, 0.1) is 0 Å². The lowest BCUT2D eigenvalue weighted by Gasteiger charge is -2.00. The van der Waals surface area contributed by atoms with Gasteiger partial charge in [-0.3, -0.25) is 0 Å². The average Bonchev–Trinajstić information content (AvgIpc) is 2.04. The summed E-state index contributed by atoms with van der Waals surface area (Å²) in [5, 5.41) is 0.